The van der Waals surface area contributed by atoms with Crippen LogP contribution in [-0.2, 0) is 0 Å². The van der Waals surface area contributed by atoms with E-state index in [2.05, 4.69) is 41.7 Å². The highest BCUT2D eigenvalue weighted by molar-refractivity contribution is 9.10. The van der Waals surface area contributed by atoms with E-state index in [1.54, 1.807) is 0 Å². The van der Waals surface area contributed by atoms with Crippen molar-refractivity contribution in [3.8, 4) is 0 Å². The van der Waals surface area contributed by atoms with E-state index in [1.165, 1.54) is 0 Å². The van der Waals surface area contributed by atoms with Gasteiger partial charge >= 0.3 is 0 Å². The molecule has 2 nitrogen and oxygen atoms in total. The highest BCUT2D eigenvalue weighted by atomic mass is 79.9. The molecule has 0 spiro atoms. The van der Waals surface area contributed by atoms with Crippen LogP contribution in [-0.4, -0.2) is 30.1 Å². The lowest BCUT2D eigenvalue weighted by Gasteiger charge is -2.20. The van der Waals surface area contributed by atoms with Gasteiger partial charge in [0.2, 0.25) is 0 Å². The fourth-order valence-electron chi connectivity index (χ4n) is 1.94. The first-order valence-electron chi connectivity index (χ1n) is 6.11. The minimum Gasteiger partial charge on any atom is -0.388 e. The molecule has 0 saturated carbocycles. The molecule has 0 aliphatic heterocycles. The smallest absolute Gasteiger partial charge is 0.0802 e. The summed E-state index contributed by atoms with van der Waals surface area (Å²) in [5, 5.41) is 10.1. The highest BCUT2D eigenvalue weighted by Gasteiger charge is 2.09. The first-order chi connectivity index (χ1) is 7.99. The van der Waals surface area contributed by atoms with Gasteiger partial charge in [-0.05, 0) is 37.1 Å². The molecule has 1 N–H and O–H groups in total. The van der Waals surface area contributed by atoms with E-state index in [-0.39, 0.29) is 6.10 Å². The molecule has 1 unspecified atom stereocenters. The van der Waals surface area contributed by atoms with E-state index >= 15 is 0 Å². The molecule has 0 aromatic heterocycles. The first kappa shape index (κ1) is 14.7. The normalized spacial score (nSPS) is 13.4. The van der Waals surface area contributed by atoms with E-state index in [9.17, 15) is 5.11 Å². The Morgan fingerprint density at radius 3 is 2.65 bits per heavy atom. The number of hydrogen-bond acceptors (Lipinski definition) is 2. The maximum atomic E-state index is 10.1. The second-order valence-electron chi connectivity index (χ2n) is 5.02. The summed E-state index contributed by atoms with van der Waals surface area (Å²) in [6.07, 6.45) is 0.404. The first-order valence-corrected chi connectivity index (χ1v) is 6.90. The van der Waals surface area contributed by atoms with Crippen molar-refractivity contribution in [2.45, 2.75) is 26.4 Å². The van der Waals surface area contributed by atoms with Gasteiger partial charge in [0, 0.05) is 17.6 Å². The molecule has 1 rings (SSSR count). The van der Waals surface area contributed by atoms with Crippen LogP contribution in [0.15, 0.2) is 28.7 Å². The summed E-state index contributed by atoms with van der Waals surface area (Å²) < 4.78 is 1.02. The third-order valence-corrected chi connectivity index (χ3v) is 3.19. The number of hydrogen-bond donors (Lipinski definition) is 1. The van der Waals surface area contributed by atoms with Gasteiger partial charge < -0.3 is 10.0 Å². The molecular formula is C14H22BrNO. The van der Waals surface area contributed by atoms with Gasteiger partial charge in [0.05, 0.1) is 6.10 Å². The average Bonchev–Trinajstić information content (AvgIpc) is 2.25. The lowest BCUT2D eigenvalue weighted by Crippen LogP contribution is -2.25. The summed E-state index contributed by atoms with van der Waals surface area (Å²) in [7, 11) is 2.10. The summed E-state index contributed by atoms with van der Waals surface area (Å²) >= 11 is 3.42. The van der Waals surface area contributed by atoms with E-state index in [4.69, 9.17) is 0 Å². The molecule has 3 heteroatoms. The molecule has 96 valence electrons. The van der Waals surface area contributed by atoms with Crippen LogP contribution in [0.5, 0.6) is 0 Å². The number of halogens is 1. The summed E-state index contributed by atoms with van der Waals surface area (Å²) in [6.45, 7) is 6.42. The van der Waals surface area contributed by atoms with Crippen molar-refractivity contribution in [2.75, 3.05) is 20.1 Å². The summed E-state index contributed by atoms with van der Waals surface area (Å²) in [5.74, 6) is 0.669. The molecule has 1 atom stereocenters. The van der Waals surface area contributed by atoms with Crippen molar-refractivity contribution in [1.29, 1.82) is 0 Å². The summed E-state index contributed by atoms with van der Waals surface area (Å²) in [6, 6.07) is 7.88. The molecule has 0 heterocycles. The van der Waals surface area contributed by atoms with Crippen LogP contribution in [0.1, 0.15) is 31.9 Å². The molecule has 0 fully saturated rings. The van der Waals surface area contributed by atoms with Crippen LogP contribution in [0.2, 0.25) is 0 Å². The third kappa shape index (κ3) is 5.66. The second-order valence-corrected chi connectivity index (χ2v) is 5.93. The van der Waals surface area contributed by atoms with Crippen LogP contribution in [0.4, 0.5) is 0 Å². The van der Waals surface area contributed by atoms with Crippen molar-refractivity contribution in [3.05, 3.63) is 34.3 Å². The standard InChI is InChI=1S/C14H22BrNO/c1-11(2)10-16(3)8-7-14(17)12-5-4-6-13(15)9-12/h4-6,9,11,14,17H,7-8,10H2,1-3H3. The number of benzene rings is 1. The van der Waals surface area contributed by atoms with Crippen molar-refractivity contribution >= 4 is 15.9 Å². The zero-order valence-electron chi connectivity index (χ0n) is 10.9. The molecule has 0 bridgehead atoms. The van der Waals surface area contributed by atoms with Crippen molar-refractivity contribution in [1.82, 2.24) is 4.90 Å². The highest BCUT2D eigenvalue weighted by Crippen LogP contribution is 2.20. The Balaban J connectivity index is 2.42. The number of nitrogens with zero attached hydrogens (tertiary/aromatic N) is 1. The van der Waals surface area contributed by atoms with Crippen LogP contribution < -0.4 is 0 Å². The predicted molar refractivity (Wildman–Crippen MR) is 76.1 cm³/mol. The Bertz CT molecular complexity index is 341. The zero-order chi connectivity index (χ0) is 12.8. The van der Waals surface area contributed by atoms with Crippen molar-refractivity contribution < 1.29 is 5.11 Å². The lowest BCUT2D eigenvalue weighted by molar-refractivity contribution is 0.146. The molecule has 0 amide bonds. The average molecular weight is 300 g/mol. The molecule has 17 heavy (non-hydrogen) atoms. The quantitative estimate of drug-likeness (QED) is 0.869. The van der Waals surface area contributed by atoms with Gasteiger partial charge in [-0.3, -0.25) is 0 Å². The van der Waals surface area contributed by atoms with Crippen LogP contribution in [0.3, 0.4) is 0 Å². The molecule has 1 aromatic rings. The Hall–Kier alpha value is -0.380. The van der Waals surface area contributed by atoms with Gasteiger partial charge in [-0.25, -0.2) is 0 Å². The Morgan fingerprint density at radius 2 is 2.06 bits per heavy atom. The fourth-order valence-corrected chi connectivity index (χ4v) is 2.35. The zero-order valence-corrected chi connectivity index (χ0v) is 12.4. The largest absolute Gasteiger partial charge is 0.388 e. The van der Waals surface area contributed by atoms with Gasteiger partial charge in [-0.1, -0.05) is 41.9 Å². The monoisotopic (exact) mass is 299 g/mol. The molecular weight excluding hydrogens is 278 g/mol. The Labute approximate surface area is 113 Å². The Morgan fingerprint density at radius 1 is 1.35 bits per heavy atom. The molecule has 0 aliphatic carbocycles. The number of aliphatic hydroxyl groups is 1. The van der Waals surface area contributed by atoms with Gasteiger partial charge in [-0.15, -0.1) is 0 Å². The van der Waals surface area contributed by atoms with Gasteiger partial charge in [0.25, 0.3) is 0 Å². The van der Waals surface area contributed by atoms with Gasteiger partial charge in [-0.2, -0.15) is 0 Å². The van der Waals surface area contributed by atoms with Crippen LogP contribution in [0, 0.1) is 5.92 Å². The molecule has 0 radical (unpaired) electrons. The van der Waals surface area contributed by atoms with E-state index in [0.29, 0.717) is 5.92 Å². The lowest BCUT2D eigenvalue weighted by atomic mass is 10.1. The minimum absolute atomic E-state index is 0.373. The van der Waals surface area contributed by atoms with Gasteiger partial charge in [0.1, 0.15) is 0 Å². The van der Waals surface area contributed by atoms with Crippen LogP contribution in [0.25, 0.3) is 0 Å². The second kappa shape index (κ2) is 7.14. The van der Waals surface area contributed by atoms with Crippen molar-refractivity contribution in [2.24, 2.45) is 5.92 Å². The summed E-state index contributed by atoms with van der Waals surface area (Å²) in [5.41, 5.74) is 0.984. The third-order valence-electron chi connectivity index (χ3n) is 2.69. The van der Waals surface area contributed by atoms with E-state index in [1.807, 2.05) is 24.3 Å². The molecule has 0 saturated heterocycles. The number of aliphatic hydroxyl groups excluding tert-OH is 1. The maximum Gasteiger partial charge on any atom is 0.0802 e. The topological polar surface area (TPSA) is 23.5 Å². The maximum absolute atomic E-state index is 10.1. The van der Waals surface area contributed by atoms with E-state index in [0.717, 1.165) is 29.5 Å². The SMILES string of the molecule is CC(C)CN(C)CCC(O)c1cccc(Br)c1. The predicted octanol–water partition coefficient (Wildman–Crippen LogP) is 3.46. The molecule has 1 aromatic carbocycles. The molecule has 0 aliphatic rings. The fraction of sp³-hybridized carbons (Fsp3) is 0.571. The van der Waals surface area contributed by atoms with Crippen molar-refractivity contribution in [3.63, 3.8) is 0 Å². The summed E-state index contributed by atoms with van der Waals surface area (Å²) in [4.78, 5) is 2.27. The number of rotatable bonds is 6. The van der Waals surface area contributed by atoms with E-state index < -0.39 is 0 Å². The Kier molecular flexibility index (Phi) is 6.17. The minimum atomic E-state index is -0.373. The van der Waals surface area contributed by atoms with Crippen LogP contribution >= 0.6 is 15.9 Å². The van der Waals surface area contributed by atoms with Gasteiger partial charge in [0.15, 0.2) is 0 Å².